The minimum absolute atomic E-state index is 0.456. The predicted molar refractivity (Wildman–Crippen MR) is 62.8 cm³/mol. The van der Waals surface area contributed by atoms with Crippen molar-refractivity contribution < 1.29 is 0 Å². The average Bonchev–Trinajstić information content (AvgIpc) is 2.09. The van der Waals surface area contributed by atoms with E-state index < -0.39 is 0 Å². The van der Waals surface area contributed by atoms with Gasteiger partial charge in [0.25, 0.3) is 0 Å². The fraction of sp³-hybridized carbons (Fsp3) is 0.400. The van der Waals surface area contributed by atoms with Crippen molar-refractivity contribution in [2.45, 2.75) is 25.6 Å². The summed E-state index contributed by atoms with van der Waals surface area (Å²) in [5, 5.41) is 0.722. The zero-order chi connectivity index (χ0) is 10.0. The topological polar surface area (TPSA) is 0 Å². The molecular weight excluding hydrogens is 271 g/mol. The van der Waals surface area contributed by atoms with Crippen molar-refractivity contribution in [3.05, 3.63) is 32.8 Å². The van der Waals surface area contributed by atoms with E-state index in [1.165, 1.54) is 5.56 Å². The van der Waals surface area contributed by atoms with Gasteiger partial charge in [-0.25, -0.2) is 0 Å². The Labute approximate surface area is 97.4 Å². The molecule has 0 heterocycles. The molecule has 0 bridgehead atoms. The maximum absolute atomic E-state index is 6.04. The van der Waals surface area contributed by atoms with Crippen LogP contribution in [0.1, 0.15) is 30.9 Å². The minimum Gasteiger partial charge on any atom is -0.121 e. The number of benzene rings is 1. The fourth-order valence-corrected chi connectivity index (χ4v) is 2.07. The first-order chi connectivity index (χ1) is 6.06. The molecule has 0 radical (unpaired) electrons. The Hall–Kier alpha value is 0.280. The van der Waals surface area contributed by atoms with Gasteiger partial charge >= 0.3 is 0 Å². The molecule has 3 heteroatoms. The van der Waals surface area contributed by atoms with E-state index in [-0.39, 0.29) is 0 Å². The normalized spacial score (nSPS) is 10.9. The summed E-state index contributed by atoms with van der Waals surface area (Å²) in [5.74, 6) is 0.952. The van der Waals surface area contributed by atoms with Crippen molar-refractivity contribution in [1.29, 1.82) is 0 Å². The van der Waals surface area contributed by atoms with E-state index in [0.717, 1.165) is 15.1 Å². The molecule has 0 fully saturated rings. The molecule has 0 atom stereocenters. The first-order valence-corrected chi connectivity index (χ1v) is 5.80. The van der Waals surface area contributed by atoms with Gasteiger partial charge in [0, 0.05) is 10.4 Å². The molecule has 0 aliphatic heterocycles. The lowest BCUT2D eigenvalue weighted by Gasteiger charge is -2.10. The Bertz CT molecular complexity index is 308. The molecule has 1 aromatic rings. The summed E-state index contributed by atoms with van der Waals surface area (Å²) < 4.78 is 0.927. The van der Waals surface area contributed by atoms with Gasteiger partial charge < -0.3 is 0 Å². The van der Waals surface area contributed by atoms with Crippen molar-refractivity contribution in [3.63, 3.8) is 0 Å². The monoisotopic (exact) mass is 280 g/mol. The quantitative estimate of drug-likeness (QED) is 0.672. The lowest BCUT2D eigenvalue weighted by Crippen LogP contribution is -1.91. The van der Waals surface area contributed by atoms with Gasteiger partial charge in [-0.05, 0) is 39.0 Å². The van der Waals surface area contributed by atoms with E-state index in [2.05, 4.69) is 35.8 Å². The highest BCUT2D eigenvalue weighted by atomic mass is 79.9. The number of hydrogen-bond donors (Lipinski definition) is 0. The van der Waals surface area contributed by atoms with Crippen LogP contribution in [0.25, 0.3) is 0 Å². The van der Waals surface area contributed by atoms with Gasteiger partial charge in [-0.3, -0.25) is 0 Å². The Morgan fingerprint density at radius 1 is 1.38 bits per heavy atom. The van der Waals surface area contributed by atoms with Gasteiger partial charge in [0.2, 0.25) is 0 Å². The summed E-state index contributed by atoms with van der Waals surface area (Å²) in [5.41, 5.74) is 2.24. The van der Waals surface area contributed by atoms with Crippen LogP contribution in [0.5, 0.6) is 0 Å². The van der Waals surface area contributed by atoms with Crippen LogP contribution in [0.2, 0.25) is 5.02 Å². The van der Waals surface area contributed by atoms with Crippen LogP contribution in [0, 0.1) is 0 Å². The summed E-state index contributed by atoms with van der Waals surface area (Å²) in [6.07, 6.45) is 0. The molecule has 0 aliphatic rings. The predicted octanol–water partition coefficient (Wildman–Crippen LogP) is 4.96. The molecule has 0 nitrogen and oxygen atoms in total. The standard InChI is InChI=1S/C10H11BrCl2/c1-6(2)7-3-8(5-12)10(13)9(11)4-7/h3-4,6H,5H2,1-2H3. The van der Waals surface area contributed by atoms with Crippen LogP contribution in [0.15, 0.2) is 16.6 Å². The van der Waals surface area contributed by atoms with E-state index in [0.29, 0.717) is 11.8 Å². The number of halogens is 3. The molecule has 0 saturated carbocycles. The molecule has 0 amide bonds. The third-order valence-electron chi connectivity index (χ3n) is 1.94. The van der Waals surface area contributed by atoms with Crippen molar-refractivity contribution in [2.24, 2.45) is 0 Å². The first kappa shape index (κ1) is 11.4. The zero-order valence-electron chi connectivity index (χ0n) is 7.57. The molecule has 1 rings (SSSR count). The summed E-state index contributed by atoms with van der Waals surface area (Å²) in [6.45, 7) is 4.29. The van der Waals surface area contributed by atoms with Crippen LogP contribution in [0.4, 0.5) is 0 Å². The van der Waals surface area contributed by atoms with Crippen molar-refractivity contribution in [2.75, 3.05) is 0 Å². The van der Waals surface area contributed by atoms with Crippen LogP contribution in [0.3, 0.4) is 0 Å². The van der Waals surface area contributed by atoms with Crippen LogP contribution in [-0.4, -0.2) is 0 Å². The molecule has 0 N–H and O–H groups in total. The minimum atomic E-state index is 0.456. The second-order valence-corrected chi connectivity index (χ2v) is 4.76. The molecule has 0 aromatic heterocycles. The molecule has 0 unspecified atom stereocenters. The molecule has 72 valence electrons. The molecule has 0 aliphatic carbocycles. The third-order valence-corrected chi connectivity index (χ3v) is 3.52. The smallest absolute Gasteiger partial charge is 0.0592 e. The number of alkyl halides is 1. The van der Waals surface area contributed by atoms with Gasteiger partial charge in [0.15, 0.2) is 0 Å². The molecule has 0 saturated heterocycles. The lowest BCUT2D eigenvalue weighted by molar-refractivity contribution is 0.863. The Morgan fingerprint density at radius 2 is 2.00 bits per heavy atom. The highest BCUT2D eigenvalue weighted by molar-refractivity contribution is 9.10. The van der Waals surface area contributed by atoms with Crippen molar-refractivity contribution in [1.82, 2.24) is 0 Å². The second-order valence-electron chi connectivity index (χ2n) is 3.26. The highest BCUT2D eigenvalue weighted by Crippen LogP contribution is 2.31. The number of hydrogen-bond acceptors (Lipinski definition) is 0. The second kappa shape index (κ2) is 4.68. The van der Waals surface area contributed by atoms with Crippen LogP contribution in [-0.2, 0) is 5.88 Å². The first-order valence-electron chi connectivity index (χ1n) is 4.10. The van der Waals surface area contributed by atoms with Crippen molar-refractivity contribution >= 4 is 39.1 Å². The van der Waals surface area contributed by atoms with Gasteiger partial charge in [0.05, 0.1) is 5.02 Å². The maximum atomic E-state index is 6.04. The number of rotatable bonds is 2. The average molecular weight is 282 g/mol. The van der Waals surface area contributed by atoms with Crippen molar-refractivity contribution in [3.8, 4) is 0 Å². The summed E-state index contributed by atoms with van der Waals surface area (Å²) >= 11 is 15.2. The Kier molecular flexibility index (Phi) is 4.08. The lowest BCUT2D eigenvalue weighted by atomic mass is 10.0. The van der Waals surface area contributed by atoms with Gasteiger partial charge in [-0.2, -0.15) is 0 Å². The van der Waals surface area contributed by atoms with Gasteiger partial charge in [-0.15, -0.1) is 11.6 Å². The summed E-state index contributed by atoms with van der Waals surface area (Å²) in [7, 11) is 0. The van der Waals surface area contributed by atoms with E-state index >= 15 is 0 Å². The molecule has 1 aromatic carbocycles. The van der Waals surface area contributed by atoms with Crippen LogP contribution < -0.4 is 0 Å². The maximum Gasteiger partial charge on any atom is 0.0592 e. The largest absolute Gasteiger partial charge is 0.121 e. The molecule has 13 heavy (non-hydrogen) atoms. The Balaban J connectivity index is 3.22. The molecule has 0 spiro atoms. The highest BCUT2D eigenvalue weighted by Gasteiger charge is 2.08. The molecular formula is C10H11BrCl2. The van der Waals surface area contributed by atoms with E-state index in [9.17, 15) is 0 Å². The SMILES string of the molecule is CC(C)c1cc(Br)c(Cl)c(CCl)c1. The summed E-state index contributed by atoms with van der Waals surface area (Å²) in [4.78, 5) is 0. The van der Waals surface area contributed by atoms with E-state index in [1.54, 1.807) is 0 Å². The van der Waals surface area contributed by atoms with E-state index in [4.69, 9.17) is 23.2 Å². The van der Waals surface area contributed by atoms with Gasteiger partial charge in [0.1, 0.15) is 0 Å². The fourth-order valence-electron chi connectivity index (χ4n) is 1.10. The summed E-state index contributed by atoms with van der Waals surface area (Å²) in [6, 6.07) is 4.10. The third kappa shape index (κ3) is 2.61. The van der Waals surface area contributed by atoms with E-state index in [1.807, 2.05) is 6.07 Å². The van der Waals surface area contributed by atoms with Crippen LogP contribution >= 0.6 is 39.1 Å². The van der Waals surface area contributed by atoms with Gasteiger partial charge in [-0.1, -0.05) is 31.5 Å². The zero-order valence-corrected chi connectivity index (χ0v) is 10.7. The Morgan fingerprint density at radius 3 is 2.46 bits per heavy atom.